The molecule has 7 nitrogen and oxygen atoms in total. The largest absolute Gasteiger partial charge is 0.486 e. The maximum absolute atomic E-state index is 12.9. The van der Waals surface area contributed by atoms with Crippen LogP contribution in [0.15, 0.2) is 53.9 Å². The van der Waals surface area contributed by atoms with Crippen molar-refractivity contribution in [2.75, 3.05) is 5.32 Å². The number of carbonyl (C=O) groups is 2. The highest BCUT2D eigenvalue weighted by molar-refractivity contribution is 7.09. The monoisotopic (exact) mass is 478 g/mol. The molecule has 0 radical (unpaired) electrons. The lowest BCUT2D eigenvalue weighted by molar-refractivity contribution is 0.0911. The Bertz CT molecular complexity index is 1110. The summed E-state index contributed by atoms with van der Waals surface area (Å²) in [6, 6.07) is 14.8. The molecule has 8 heteroatoms. The molecule has 1 heterocycles. The van der Waals surface area contributed by atoms with Gasteiger partial charge in [0.05, 0.1) is 6.04 Å². The molecule has 2 aromatic carbocycles. The van der Waals surface area contributed by atoms with Gasteiger partial charge >= 0.3 is 6.03 Å². The second-order valence-electron chi connectivity index (χ2n) is 8.67. The van der Waals surface area contributed by atoms with Gasteiger partial charge in [-0.15, -0.1) is 11.3 Å². The van der Waals surface area contributed by atoms with Gasteiger partial charge < -0.3 is 20.7 Å². The molecule has 1 saturated carbocycles. The van der Waals surface area contributed by atoms with Crippen LogP contribution in [0.3, 0.4) is 0 Å². The van der Waals surface area contributed by atoms with E-state index in [2.05, 4.69) is 27.0 Å². The Kier molecular flexibility index (Phi) is 7.80. The third kappa shape index (κ3) is 6.57. The van der Waals surface area contributed by atoms with Gasteiger partial charge in [-0.25, -0.2) is 9.78 Å². The number of aryl methyl sites for hydroxylation is 2. The van der Waals surface area contributed by atoms with Crippen molar-refractivity contribution in [2.24, 2.45) is 0 Å². The van der Waals surface area contributed by atoms with E-state index >= 15 is 0 Å². The highest BCUT2D eigenvalue weighted by Gasteiger charge is 2.28. The Hall–Kier alpha value is -3.39. The predicted octanol–water partition coefficient (Wildman–Crippen LogP) is 5.20. The molecule has 1 aliphatic rings. The number of hydrogen-bond donors (Lipinski definition) is 3. The number of amides is 3. The van der Waals surface area contributed by atoms with E-state index in [1.807, 2.05) is 56.3 Å². The Morgan fingerprint density at radius 3 is 2.38 bits per heavy atom. The number of thiazole rings is 1. The van der Waals surface area contributed by atoms with Crippen LogP contribution in [-0.2, 0) is 6.61 Å². The number of para-hydroxylation sites is 1. The zero-order valence-electron chi connectivity index (χ0n) is 19.5. The molecule has 2 atom stereocenters. The summed E-state index contributed by atoms with van der Waals surface area (Å²) in [5.74, 6) is 0.569. The molecule has 0 aliphatic heterocycles. The van der Waals surface area contributed by atoms with Crippen molar-refractivity contribution in [3.63, 3.8) is 0 Å². The highest BCUT2D eigenvalue weighted by atomic mass is 32.1. The minimum Gasteiger partial charge on any atom is -0.486 e. The molecule has 0 saturated heterocycles. The van der Waals surface area contributed by atoms with Crippen LogP contribution in [0.4, 0.5) is 10.5 Å². The summed E-state index contributed by atoms with van der Waals surface area (Å²) in [6.45, 7) is 4.38. The number of nitrogens with zero attached hydrogens (tertiary/aromatic N) is 1. The van der Waals surface area contributed by atoms with Crippen LogP contribution >= 0.6 is 11.3 Å². The van der Waals surface area contributed by atoms with Crippen LogP contribution in [0.25, 0.3) is 0 Å². The van der Waals surface area contributed by atoms with E-state index in [0.29, 0.717) is 12.3 Å². The second-order valence-corrected chi connectivity index (χ2v) is 9.62. The number of hydrogen-bond acceptors (Lipinski definition) is 5. The molecule has 0 bridgehead atoms. The maximum atomic E-state index is 12.9. The average molecular weight is 479 g/mol. The Labute approximate surface area is 204 Å². The van der Waals surface area contributed by atoms with Crippen molar-refractivity contribution in [2.45, 2.75) is 58.2 Å². The van der Waals surface area contributed by atoms with Gasteiger partial charge in [0, 0.05) is 17.1 Å². The molecule has 4 rings (SSSR count). The number of rotatable bonds is 7. The molecule has 3 N–H and O–H groups in total. The van der Waals surface area contributed by atoms with Gasteiger partial charge in [-0.1, -0.05) is 37.1 Å². The van der Waals surface area contributed by atoms with Crippen LogP contribution in [0.1, 0.15) is 52.3 Å². The first-order valence-corrected chi connectivity index (χ1v) is 12.4. The second kappa shape index (κ2) is 11.2. The Balaban J connectivity index is 1.31. The Morgan fingerprint density at radius 1 is 1.00 bits per heavy atom. The van der Waals surface area contributed by atoms with Crippen LogP contribution in [0.5, 0.6) is 5.75 Å². The number of nitrogens with one attached hydrogen (secondary N) is 3. The summed E-state index contributed by atoms with van der Waals surface area (Å²) in [6.07, 6.45) is 3.66. The van der Waals surface area contributed by atoms with E-state index in [4.69, 9.17) is 4.74 Å². The normalized spacial score (nSPS) is 17.6. The van der Waals surface area contributed by atoms with E-state index in [-0.39, 0.29) is 24.0 Å². The molecule has 34 heavy (non-hydrogen) atoms. The van der Waals surface area contributed by atoms with E-state index in [1.165, 1.54) is 11.3 Å². The fourth-order valence-corrected chi connectivity index (χ4v) is 4.90. The van der Waals surface area contributed by atoms with Gasteiger partial charge in [0.25, 0.3) is 5.91 Å². The van der Waals surface area contributed by atoms with E-state index in [0.717, 1.165) is 53.3 Å². The first-order valence-electron chi connectivity index (χ1n) is 11.6. The molecule has 3 amide bonds. The smallest absolute Gasteiger partial charge is 0.319 e. The standard InChI is InChI=1S/C26H30N4O3S/c1-17-12-18(2)14-20(13-17)33-15-24-28-23(16-34-24)25(31)29-21-10-6-7-11-22(21)30-26(32)27-19-8-4-3-5-9-19/h3-5,8-9,12-14,16,21-22H,6-7,10-11,15H2,1-2H3,(H,29,31)(H2,27,30,32)/t21-,22-/m0/s1. The highest BCUT2D eigenvalue weighted by Crippen LogP contribution is 2.21. The van der Waals surface area contributed by atoms with Gasteiger partial charge in [0.15, 0.2) is 0 Å². The zero-order chi connectivity index (χ0) is 23.9. The van der Waals surface area contributed by atoms with Crippen molar-refractivity contribution in [1.29, 1.82) is 0 Å². The number of urea groups is 1. The minimum absolute atomic E-state index is 0.132. The van der Waals surface area contributed by atoms with Crippen molar-refractivity contribution < 1.29 is 14.3 Å². The summed E-state index contributed by atoms with van der Waals surface area (Å²) in [7, 11) is 0. The van der Waals surface area contributed by atoms with Gasteiger partial charge in [-0.05, 0) is 62.1 Å². The van der Waals surface area contributed by atoms with Crippen molar-refractivity contribution in [3.05, 3.63) is 75.7 Å². The molecule has 0 spiro atoms. The quantitative estimate of drug-likeness (QED) is 0.435. The number of aromatic nitrogens is 1. The van der Waals surface area contributed by atoms with Gasteiger partial charge in [-0.2, -0.15) is 0 Å². The Morgan fingerprint density at radius 2 is 1.68 bits per heavy atom. The van der Waals surface area contributed by atoms with E-state index in [9.17, 15) is 9.59 Å². The fraction of sp³-hybridized carbons (Fsp3) is 0.346. The molecular formula is C26H30N4O3S. The minimum atomic E-state index is -0.267. The van der Waals surface area contributed by atoms with Crippen LogP contribution in [0.2, 0.25) is 0 Å². The summed E-state index contributed by atoms with van der Waals surface area (Å²) in [5, 5.41) is 11.4. The molecule has 1 aliphatic carbocycles. The zero-order valence-corrected chi connectivity index (χ0v) is 20.3. The van der Waals surface area contributed by atoms with Gasteiger partial charge in [0.2, 0.25) is 0 Å². The maximum Gasteiger partial charge on any atom is 0.319 e. The summed E-state index contributed by atoms with van der Waals surface area (Å²) in [5.41, 5.74) is 3.39. The molecule has 1 aromatic heterocycles. The molecule has 178 valence electrons. The number of ether oxygens (including phenoxy) is 1. The first kappa shape index (κ1) is 23.8. The van der Waals surface area contributed by atoms with Gasteiger partial charge in [0.1, 0.15) is 23.1 Å². The molecule has 1 fully saturated rings. The third-order valence-electron chi connectivity index (χ3n) is 5.77. The van der Waals surface area contributed by atoms with Gasteiger partial charge in [-0.3, -0.25) is 4.79 Å². The lowest BCUT2D eigenvalue weighted by Gasteiger charge is -2.32. The molecule has 3 aromatic rings. The first-order chi connectivity index (χ1) is 16.5. The van der Waals surface area contributed by atoms with Crippen molar-refractivity contribution >= 4 is 29.0 Å². The molecular weight excluding hydrogens is 448 g/mol. The summed E-state index contributed by atoms with van der Waals surface area (Å²) < 4.78 is 5.87. The van der Waals surface area contributed by atoms with Crippen LogP contribution < -0.4 is 20.7 Å². The summed E-state index contributed by atoms with van der Waals surface area (Å²) >= 11 is 1.40. The topological polar surface area (TPSA) is 92.3 Å². The van der Waals surface area contributed by atoms with E-state index < -0.39 is 0 Å². The fourth-order valence-electron chi connectivity index (χ4n) is 4.22. The van der Waals surface area contributed by atoms with Crippen LogP contribution in [-0.4, -0.2) is 29.0 Å². The summed E-state index contributed by atoms with van der Waals surface area (Å²) in [4.78, 5) is 29.8. The number of anilines is 1. The van der Waals surface area contributed by atoms with Crippen molar-refractivity contribution in [1.82, 2.24) is 15.6 Å². The number of benzene rings is 2. The van der Waals surface area contributed by atoms with E-state index in [1.54, 1.807) is 5.38 Å². The lowest BCUT2D eigenvalue weighted by Crippen LogP contribution is -2.54. The third-order valence-corrected chi connectivity index (χ3v) is 6.59. The van der Waals surface area contributed by atoms with Crippen molar-refractivity contribution in [3.8, 4) is 5.75 Å². The molecule has 0 unspecified atom stereocenters. The SMILES string of the molecule is Cc1cc(C)cc(OCc2nc(C(=O)N[C@H]3CCCC[C@@H]3NC(=O)Nc3ccccc3)cs2)c1. The number of carbonyl (C=O) groups excluding carboxylic acids is 2. The van der Waals surface area contributed by atoms with Crippen LogP contribution in [0, 0.1) is 13.8 Å². The average Bonchev–Trinajstić information content (AvgIpc) is 3.28. The lowest BCUT2D eigenvalue weighted by atomic mass is 9.90. The predicted molar refractivity (Wildman–Crippen MR) is 134 cm³/mol.